The van der Waals surface area contributed by atoms with Gasteiger partial charge in [-0.1, -0.05) is 54.6 Å². The molecule has 0 spiro atoms. The lowest BCUT2D eigenvalue weighted by atomic mass is 9.90. The van der Waals surface area contributed by atoms with Crippen LogP contribution in [0.3, 0.4) is 0 Å². The highest BCUT2D eigenvalue weighted by Gasteiger charge is 2.52. The van der Waals surface area contributed by atoms with Gasteiger partial charge in [0.1, 0.15) is 0 Å². The number of para-hydroxylation sites is 1. The van der Waals surface area contributed by atoms with Crippen LogP contribution >= 0.6 is 0 Å². The number of likely N-dealkylation sites (tertiary alicyclic amines) is 1. The molecule has 0 radical (unpaired) electrons. The number of nitrogens with zero attached hydrogens (tertiary/aromatic N) is 2. The molecule has 5 heteroatoms. The Morgan fingerprint density at radius 2 is 1.76 bits per heavy atom. The van der Waals surface area contributed by atoms with E-state index >= 15 is 0 Å². The predicted octanol–water partition coefficient (Wildman–Crippen LogP) is 3.91. The minimum absolute atomic E-state index is 0.0164. The normalized spacial score (nSPS) is 26.2. The van der Waals surface area contributed by atoms with Gasteiger partial charge in [0.15, 0.2) is 5.60 Å². The molecule has 0 bridgehead atoms. The number of anilines is 1. The van der Waals surface area contributed by atoms with Crippen molar-refractivity contribution in [1.29, 1.82) is 0 Å². The van der Waals surface area contributed by atoms with Crippen LogP contribution in [0, 0.1) is 0 Å². The highest BCUT2D eigenvalue weighted by Crippen LogP contribution is 2.46. The summed E-state index contributed by atoms with van der Waals surface area (Å²) in [6.45, 7) is 3.45. The molecular formula is C28H30N2O3. The Bertz CT molecular complexity index is 1230. The fourth-order valence-corrected chi connectivity index (χ4v) is 6.44. The van der Waals surface area contributed by atoms with Gasteiger partial charge in [0, 0.05) is 37.2 Å². The summed E-state index contributed by atoms with van der Waals surface area (Å²) in [6.07, 6.45) is 2.03. The summed E-state index contributed by atoms with van der Waals surface area (Å²) in [7, 11) is 0. The van der Waals surface area contributed by atoms with Gasteiger partial charge < -0.3 is 15.1 Å². The zero-order valence-corrected chi connectivity index (χ0v) is 18.9. The molecule has 0 aromatic heterocycles. The van der Waals surface area contributed by atoms with Crippen molar-refractivity contribution < 1.29 is 15.0 Å². The van der Waals surface area contributed by atoms with E-state index in [1.807, 2.05) is 29.2 Å². The molecule has 2 unspecified atom stereocenters. The van der Waals surface area contributed by atoms with Gasteiger partial charge >= 0.3 is 0 Å². The van der Waals surface area contributed by atoms with E-state index in [1.54, 1.807) is 6.92 Å². The van der Waals surface area contributed by atoms with Crippen LogP contribution in [0.4, 0.5) is 5.69 Å². The van der Waals surface area contributed by atoms with Crippen LogP contribution in [0.5, 0.6) is 0 Å². The van der Waals surface area contributed by atoms with Crippen molar-refractivity contribution in [2.75, 3.05) is 18.0 Å². The van der Waals surface area contributed by atoms with Gasteiger partial charge in [0.25, 0.3) is 5.91 Å². The lowest BCUT2D eigenvalue weighted by Crippen LogP contribution is -2.50. The molecule has 1 saturated heterocycles. The van der Waals surface area contributed by atoms with E-state index in [-0.39, 0.29) is 18.4 Å². The number of carbonyl (C=O) groups excluding carboxylic acids is 1. The van der Waals surface area contributed by atoms with E-state index in [0.29, 0.717) is 11.6 Å². The van der Waals surface area contributed by atoms with Crippen LogP contribution in [-0.4, -0.2) is 46.3 Å². The van der Waals surface area contributed by atoms with Crippen LogP contribution in [0.2, 0.25) is 0 Å². The number of piperidine rings is 1. The van der Waals surface area contributed by atoms with Gasteiger partial charge in [-0.15, -0.1) is 0 Å². The topological polar surface area (TPSA) is 64.0 Å². The van der Waals surface area contributed by atoms with Crippen molar-refractivity contribution in [3.05, 3.63) is 77.4 Å². The first-order valence-electron chi connectivity index (χ1n) is 12.1. The van der Waals surface area contributed by atoms with Crippen LogP contribution in [0.15, 0.2) is 60.7 Å². The summed E-state index contributed by atoms with van der Waals surface area (Å²) < 4.78 is 0. The second-order valence-corrected chi connectivity index (χ2v) is 9.96. The Morgan fingerprint density at radius 3 is 2.52 bits per heavy atom. The van der Waals surface area contributed by atoms with Crippen LogP contribution < -0.4 is 4.90 Å². The van der Waals surface area contributed by atoms with Gasteiger partial charge in [-0.05, 0) is 54.2 Å². The lowest BCUT2D eigenvalue weighted by molar-refractivity contribution is -0.139. The fraction of sp³-hybridized carbons (Fsp3) is 0.393. The van der Waals surface area contributed by atoms with Crippen molar-refractivity contribution >= 4 is 22.4 Å². The third-order valence-corrected chi connectivity index (χ3v) is 7.87. The lowest BCUT2D eigenvalue weighted by Gasteiger charge is -2.40. The third-order valence-electron chi connectivity index (χ3n) is 7.87. The SMILES string of the molecule is C[C@H](O)CC1(O)C(=O)N(C2CCN(C3Cc4cccc5cccc3c45)CC2)c2ccccc21. The third kappa shape index (κ3) is 3.14. The van der Waals surface area contributed by atoms with Crippen molar-refractivity contribution in [2.24, 2.45) is 0 Å². The van der Waals surface area contributed by atoms with Crippen LogP contribution in [-0.2, 0) is 16.8 Å². The molecule has 3 atom stereocenters. The zero-order chi connectivity index (χ0) is 22.7. The van der Waals surface area contributed by atoms with Gasteiger partial charge in [0.2, 0.25) is 0 Å². The Kier molecular flexibility index (Phi) is 4.84. The minimum Gasteiger partial charge on any atom is -0.393 e. The summed E-state index contributed by atoms with van der Waals surface area (Å²) in [4.78, 5) is 17.9. The number of aliphatic hydroxyl groups is 2. The highest BCUT2D eigenvalue weighted by molar-refractivity contribution is 6.07. The maximum atomic E-state index is 13.5. The van der Waals surface area contributed by atoms with Gasteiger partial charge in [0.05, 0.1) is 11.8 Å². The molecule has 33 heavy (non-hydrogen) atoms. The molecule has 5 nitrogen and oxygen atoms in total. The van der Waals surface area contributed by atoms with Gasteiger partial charge in [-0.3, -0.25) is 9.69 Å². The van der Waals surface area contributed by atoms with E-state index in [4.69, 9.17) is 0 Å². The monoisotopic (exact) mass is 442 g/mol. The fourth-order valence-electron chi connectivity index (χ4n) is 6.44. The number of hydrogen-bond acceptors (Lipinski definition) is 4. The maximum Gasteiger partial charge on any atom is 0.264 e. The van der Waals surface area contributed by atoms with Gasteiger partial charge in [-0.25, -0.2) is 0 Å². The Balaban J connectivity index is 1.23. The first-order chi connectivity index (χ1) is 16.0. The summed E-state index contributed by atoms with van der Waals surface area (Å²) in [5.41, 5.74) is 2.63. The zero-order valence-electron chi connectivity index (χ0n) is 18.9. The molecule has 3 aliphatic rings. The second-order valence-electron chi connectivity index (χ2n) is 9.96. The molecule has 170 valence electrons. The number of hydrogen-bond donors (Lipinski definition) is 2. The number of amides is 1. The van der Waals surface area contributed by atoms with Crippen molar-refractivity contribution in [3.8, 4) is 0 Å². The van der Waals surface area contributed by atoms with Crippen molar-refractivity contribution in [2.45, 2.75) is 56.4 Å². The molecule has 3 aromatic rings. The average Bonchev–Trinajstić information content (AvgIpc) is 3.29. The smallest absolute Gasteiger partial charge is 0.264 e. The molecule has 2 aliphatic heterocycles. The molecule has 1 aliphatic carbocycles. The largest absolute Gasteiger partial charge is 0.393 e. The van der Waals surface area contributed by atoms with E-state index in [0.717, 1.165) is 38.0 Å². The Hall–Kier alpha value is -2.73. The standard InChI is InChI=1S/C28H30N2O3/c1-18(31)17-28(33)23-10-2-3-11-24(23)30(27(28)32)21-12-14-29(15-13-21)25-16-20-8-4-6-19-7-5-9-22(25)26(19)20/h2-11,18,21,25,31,33H,12-17H2,1H3/t18-,25?,28?/m0/s1. The quantitative estimate of drug-likeness (QED) is 0.643. The van der Waals surface area contributed by atoms with Crippen LogP contribution in [0.25, 0.3) is 10.8 Å². The van der Waals surface area contributed by atoms with E-state index in [2.05, 4.69) is 41.3 Å². The first kappa shape index (κ1) is 20.8. The molecule has 0 saturated carbocycles. The number of rotatable bonds is 4. The average molecular weight is 443 g/mol. The minimum atomic E-state index is -1.65. The maximum absolute atomic E-state index is 13.5. The van der Waals surface area contributed by atoms with Crippen LogP contribution in [0.1, 0.15) is 48.9 Å². The summed E-state index contributed by atoms with van der Waals surface area (Å²) in [5, 5.41) is 24.0. The summed E-state index contributed by atoms with van der Waals surface area (Å²) in [6, 6.07) is 21.2. The van der Waals surface area contributed by atoms with Crippen molar-refractivity contribution in [1.82, 2.24) is 4.90 Å². The first-order valence-corrected chi connectivity index (χ1v) is 12.1. The molecule has 6 rings (SSSR count). The Morgan fingerprint density at radius 1 is 1.03 bits per heavy atom. The number of fused-ring (bicyclic) bond motifs is 1. The predicted molar refractivity (Wildman–Crippen MR) is 129 cm³/mol. The van der Waals surface area contributed by atoms with E-state index in [9.17, 15) is 15.0 Å². The summed E-state index contributed by atoms with van der Waals surface area (Å²) in [5.74, 6) is -0.291. The molecule has 2 N–H and O–H groups in total. The number of benzene rings is 3. The molecule has 3 aromatic carbocycles. The number of aliphatic hydroxyl groups excluding tert-OH is 1. The van der Waals surface area contributed by atoms with E-state index < -0.39 is 11.7 Å². The van der Waals surface area contributed by atoms with Crippen molar-refractivity contribution in [3.63, 3.8) is 0 Å². The molecular weight excluding hydrogens is 412 g/mol. The second kappa shape index (κ2) is 7.66. The summed E-state index contributed by atoms with van der Waals surface area (Å²) >= 11 is 0. The molecule has 2 heterocycles. The molecule has 1 fully saturated rings. The Labute approximate surface area is 194 Å². The number of carbonyl (C=O) groups is 1. The highest BCUT2D eigenvalue weighted by atomic mass is 16.3. The van der Waals surface area contributed by atoms with E-state index in [1.165, 1.54) is 21.9 Å². The van der Waals surface area contributed by atoms with Gasteiger partial charge in [-0.2, -0.15) is 0 Å². The molecule has 1 amide bonds.